The summed E-state index contributed by atoms with van der Waals surface area (Å²) in [5.41, 5.74) is 0.405. The molecule has 0 unspecified atom stereocenters. The third-order valence-corrected chi connectivity index (χ3v) is 4.15. The lowest BCUT2D eigenvalue weighted by Gasteiger charge is -2.42. The monoisotopic (exact) mass is 342 g/mol. The van der Waals surface area contributed by atoms with Gasteiger partial charge in [0.2, 0.25) is 0 Å². The molecular formula is C18H19FN4O2. The zero-order chi connectivity index (χ0) is 17.7. The Morgan fingerprint density at radius 3 is 2.80 bits per heavy atom. The minimum absolute atomic E-state index is 0.323. The van der Waals surface area contributed by atoms with Crippen LogP contribution in [0.5, 0.6) is 0 Å². The fraction of sp³-hybridized carbons (Fsp3) is 0.333. The van der Waals surface area contributed by atoms with Crippen LogP contribution in [0.15, 0.2) is 36.5 Å². The molecule has 6 nitrogen and oxygen atoms in total. The van der Waals surface area contributed by atoms with Crippen LogP contribution in [0.1, 0.15) is 37.6 Å². The Labute approximate surface area is 145 Å². The first-order valence-corrected chi connectivity index (χ1v) is 8.21. The van der Waals surface area contributed by atoms with Gasteiger partial charge >= 0.3 is 5.97 Å². The van der Waals surface area contributed by atoms with E-state index in [9.17, 15) is 9.18 Å². The summed E-state index contributed by atoms with van der Waals surface area (Å²) in [6, 6.07) is 6.47. The number of hydrogen-bond acceptors (Lipinski definition) is 6. The van der Waals surface area contributed by atoms with Gasteiger partial charge in [-0.15, -0.1) is 10.2 Å². The summed E-state index contributed by atoms with van der Waals surface area (Å²) in [5, 5.41) is 11.4. The molecule has 0 spiro atoms. The minimum atomic E-state index is -0.539. The van der Waals surface area contributed by atoms with E-state index in [1.165, 1.54) is 18.2 Å². The maximum Gasteiger partial charge on any atom is 0.330 e. The number of aromatic nitrogens is 3. The molecule has 1 aliphatic rings. The van der Waals surface area contributed by atoms with E-state index in [1.54, 1.807) is 31.3 Å². The van der Waals surface area contributed by atoms with Crippen LogP contribution in [0.3, 0.4) is 0 Å². The molecule has 1 aliphatic carbocycles. The predicted molar refractivity (Wildman–Crippen MR) is 91.0 cm³/mol. The molecule has 0 bridgehead atoms. The van der Waals surface area contributed by atoms with Crippen LogP contribution in [0.2, 0.25) is 0 Å². The van der Waals surface area contributed by atoms with E-state index in [0.29, 0.717) is 23.8 Å². The Balaban J connectivity index is 1.72. The highest BCUT2D eigenvalue weighted by molar-refractivity contribution is 5.86. The molecule has 130 valence electrons. The first-order chi connectivity index (χ1) is 12.1. The largest absolute Gasteiger partial charge is 0.463 e. The van der Waals surface area contributed by atoms with Crippen molar-refractivity contribution in [1.29, 1.82) is 0 Å². The van der Waals surface area contributed by atoms with Crippen LogP contribution < -0.4 is 5.32 Å². The molecule has 7 heteroatoms. The summed E-state index contributed by atoms with van der Waals surface area (Å²) in [6.45, 7) is 2.07. The topological polar surface area (TPSA) is 77.0 Å². The minimum Gasteiger partial charge on any atom is -0.463 e. The third kappa shape index (κ3) is 3.81. The number of pyridine rings is 1. The maximum absolute atomic E-state index is 14.1. The summed E-state index contributed by atoms with van der Waals surface area (Å²) in [5.74, 6) is -0.208. The van der Waals surface area contributed by atoms with Crippen LogP contribution in [-0.4, -0.2) is 27.8 Å². The highest BCUT2D eigenvalue weighted by atomic mass is 19.1. The second-order valence-corrected chi connectivity index (χ2v) is 5.82. The second kappa shape index (κ2) is 7.38. The Morgan fingerprint density at radius 1 is 1.36 bits per heavy atom. The Hall–Kier alpha value is -2.83. The van der Waals surface area contributed by atoms with Gasteiger partial charge in [-0.2, -0.15) is 0 Å². The van der Waals surface area contributed by atoms with Crippen molar-refractivity contribution in [3.8, 4) is 0 Å². The highest BCUT2D eigenvalue weighted by Crippen LogP contribution is 2.43. The molecule has 3 rings (SSSR count). The van der Waals surface area contributed by atoms with Crippen molar-refractivity contribution in [2.75, 3.05) is 11.9 Å². The van der Waals surface area contributed by atoms with E-state index in [-0.39, 0.29) is 5.82 Å². The second-order valence-electron chi connectivity index (χ2n) is 5.82. The number of anilines is 1. The van der Waals surface area contributed by atoms with Gasteiger partial charge in [-0.3, -0.25) is 4.98 Å². The van der Waals surface area contributed by atoms with Gasteiger partial charge in [0.1, 0.15) is 17.3 Å². The van der Waals surface area contributed by atoms with E-state index < -0.39 is 11.5 Å². The number of carbonyl (C=O) groups is 1. The van der Waals surface area contributed by atoms with Crippen LogP contribution in [0.25, 0.3) is 6.08 Å². The molecule has 25 heavy (non-hydrogen) atoms. The van der Waals surface area contributed by atoms with Gasteiger partial charge in [0.15, 0.2) is 0 Å². The normalized spacial score (nSPS) is 15.6. The Bertz CT molecular complexity index is 773. The van der Waals surface area contributed by atoms with Crippen molar-refractivity contribution in [3.63, 3.8) is 0 Å². The van der Waals surface area contributed by atoms with Crippen molar-refractivity contribution in [3.05, 3.63) is 53.7 Å². The summed E-state index contributed by atoms with van der Waals surface area (Å²) < 4.78 is 18.9. The maximum atomic E-state index is 14.1. The number of ether oxygens (including phenoxy) is 1. The quantitative estimate of drug-likeness (QED) is 0.642. The van der Waals surface area contributed by atoms with Crippen molar-refractivity contribution in [1.82, 2.24) is 15.2 Å². The van der Waals surface area contributed by atoms with Crippen LogP contribution in [0, 0.1) is 5.82 Å². The van der Waals surface area contributed by atoms with Gasteiger partial charge in [0.05, 0.1) is 17.8 Å². The molecule has 1 fully saturated rings. The SMILES string of the molecule is CCOC(=O)C=Cc1ccc(NC2(c3ncccc3F)CCC2)nn1. The van der Waals surface area contributed by atoms with Crippen molar-refractivity contribution >= 4 is 17.9 Å². The lowest BCUT2D eigenvalue weighted by Crippen LogP contribution is -2.43. The van der Waals surface area contributed by atoms with E-state index in [1.807, 2.05) is 0 Å². The summed E-state index contributed by atoms with van der Waals surface area (Å²) in [7, 11) is 0. The number of carbonyl (C=O) groups excluding carboxylic acids is 1. The lowest BCUT2D eigenvalue weighted by atomic mass is 9.74. The summed E-state index contributed by atoms with van der Waals surface area (Å²) >= 11 is 0. The van der Waals surface area contributed by atoms with Gasteiger partial charge in [-0.25, -0.2) is 9.18 Å². The third-order valence-electron chi connectivity index (χ3n) is 4.15. The molecular weight excluding hydrogens is 323 g/mol. The van der Waals surface area contributed by atoms with Gasteiger partial charge in [0, 0.05) is 12.3 Å². The molecule has 0 radical (unpaired) electrons. The van der Waals surface area contributed by atoms with Gasteiger partial charge in [-0.05, 0) is 56.5 Å². The Morgan fingerprint density at radius 2 is 2.20 bits per heavy atom. The van der Waals surface area contributed by atoms with E-state index in [0.717, 1.165) is 19.3 Å². The molecule has 1 N–H and O–H groups in total. The molecule has 0 aromatic carbocycles. The number of hydrogen-bond donors (Lipinski definition) is 1. The molecule has 1 saturated carbocycles. The number of nitrogens with one attached hydrogen (secondary N) is 1. The molecule has 0 atom stereocenters. The fourth-order valence-electron chi connectivity index (χ4n) is 2.78. The standard InChI is InChI=1S/C18H19FN4O2/c1-2-25-16(24)9-7-13-6-8-15(23-22-13)21-18(10-4-11-18)17-14(19)5-3-12-20-17/h3,5-9,12H,2,4,10-11H2,1H3,(H,21,23). The van der Waals surface area contributed by atoms with Crippen LogP contribution >= 0.6 is 0 Å². The molecule has 2 heterocycles. The average molecular weight is 342 g/mol. The number of rotatable bonds is 6. The van der Waals surface area contributed by atoms with Gasteiger partial charge < -0.3 is 10.1 Å². The fourth-order valence-corrected chi connectivity index (χ4v) is 2.78. The van der Waals surface area contributed by atoms with E-state index >= 15 is 0 Å². The first-order valence-electron chi connectivity index (χ1n) is 8.21. The molecule has 0 saturated heterocycles. The molecule has 2 aromatic heterocycles. The smallest absolute Gasteiger partial charge is 0.330 e. The van der Waals surface area contributed by atoms with Gasteiger partial charge in [0.25, 0.3) is 0 Å². The van der Waals surface area contributed by atoms with Crippen molar-refractivity contribution in [2.24, 2.45) is 0 Å². The Kier molecular flexibility index (Phi) is 5.02. The summed E-state index contributed by atoms with van der Waals surface area (Å²) in [6.07, 6.45) is 7.00. The number of nitrogens with zero attached hydrogens (tertiary/aromatic N) is 3. The first kappa shape index (κ1) is 17.0. The predicted octanol–water partition coefficient (Wildman–Crippen LogP) is 3.08. The zero-order valence-corrected chi connectivity index (χ0v) is 13.9. The number of halogens is 1. The zero-order valence-electron chi connectivity index (χ0n) is 13.9. The van der Waals surface area contributed by atoms with Crippen LogP contribution in [0.4, 0.5) is 10.2 Å². The van der Waals surface area contributed by atoms with Gasteiger partial charge in [-0.1, -0.05) is 0 Å². The van der Waals surface area contributed by atoms with Crippen LogP contribution in [-0.2, 0) is 15.1 Å². The molecule has 0 aliphatic heterocycles. The van der Waals surface area contributed by atoms with E-state index in [2.05, 4.69) is 20.5 Å². The van der Waals surface area contributed by atoms with Crippen molar-refractivity contribution < 1.29 is 13.9 Å². The summed E-state index contributed by atoms with van der Waals surface area (Å²) in [4.78, 5) is 15.5. The molecule has 2 aromatic rings. The average Bonchev–Trinajstić information content (AvgIpc) is 2.58. The highest BCUT2D eigenvalue weighted by Gasteiger charge is 2.42. The van der Waals surface area contributed by atoms with Crippen molar-refractivity contribution in [2.45, 2.75) is 31.7 Å². The molecule has 0 amide bonds. The number of esters is 1. The van der Waals surface area contributed by atoms with E-state index in [4.69, 9.17) is 4.74 Å². The lowest BCUT2D eigenvalue weighted by molar-refractivity contribution is -0.137.